The van der Waals surface area contributed by atoms with Crippen molar-refractivity contribution >= 4 is 17.5 Å². The van der Waals surface area contributed by atoms with Gasteiger partial charge in [-0.3, -0.25) is 4.79 Å². The number of ether oxygens (including phenoxy) is 1. The first kappa shape index (κ1) is 15.2. The average molecular weight is 290 g/mol. The van der Waals surface area contributed by atoms with E-state index in [1.165, 1.54) is 4.90 Å². The molecule has 1 aromatic rings. The first-order valence-corrected chi connectivity index (χ1v) is 7.97. The van der Waals surface area contributed by atoms with Gasteiger partial charge in [0.2, 0.25) is 0 Å². The highest BCUT2D eigenvalue weighted by atomic mass is 32.2. The van der Waals surface area contributed by atoms with Crippen molar-refractivity contribution in [3.63, 3.8) is 0 Å². The van der Waals surface area contributed by atoms with Crippen molar-refractivity contribution in [2.45, 2.75) is 43.9 Å². The molecule has 0 saturated heterocycles. The molecular formula is C17H22O2S. The summed E-state index contributed by atoms with van der Waals surface area (Å²) in [6.07, 6.45) is 1.57. The van der Waals surface area contributed by atoms with Gasteiger partial charge in [-0.25, -0.2) is 0 Å². The zero-order valence-corrected chi connectivity index (χ0v) is 13.3. The van der Waals surface area contributed by atoms with Crippen LogP contribution in [-0.2, 0) is 9.53 Å². The fourth-order valence-electron chi connectivity index (χ4n) is 2.47. The summed E-state index contributed by atoms with van der Waals surface area (Å²) in [5.41, 5.74) is 0.723. The van der Waals surface area contributed by atoms with Gasteiger partial charge in [0.25, 0.3) is 0 Å². The quantitative estimate of drug-likeness (QED) is 0.773. The summed E-state index contributed by atoms with van der Waals surface area (Å²) >= 11 is 1.80. The minimum absolute atomic E-state index is 0.0589. The molecule has 0 aromatic heterocycles. The van der Waals surface area contributed by atoms with Crippen molar-refractivity contribution in [1.82, 2.24) is 0 Å². The summed E-state index contributed by atoms with van der Waals surface area (Å²) in [5.74, 6) is 0.566. The minimum Gasteiger partial charge on any atom is -0.496 e. The Hall–Kier alpha value is -1.22. The lowest BCUT2D eigenvalue weighted by Crippen LogP contribution is -2.41. The third-order valence-electron chi connectivity index (χ3n) is 3.69. The molecule has 2 nitrogen and oxygen atoms in total. The smallest absolute Gasteiger partial charge is 0.168 e. The van der Waals surface area contributed by atoms with E-state index in [0.29, 0.717) is 5.92 Å². The number of carbonyl (C=O) groups excluding carboxylic acids is 1. The summed E-state index contributed by atoms with van der Waals surface area (Å²) in [7, 11) is 0. The van der Waals surface area contributed by atoms with Gasteiger partial charge in [0, 0.05) is 15.7 Å². The van der Waals surface area contributed by atoms with Gasteiger partial charge in [-0.15, -0.1) is 11.8 Å². The van der Waals surface area contributed by atoms with E-state index < -0.39 is 0 Å². The fraction of sp³-hybridized carbons (Fsp3) is 0.471. The van der Waals surface area contributed by atoms with Gasteiger partial charge in [-0.05, 0) is 25.0 Å². The lowest BCUT2D eigenvalue weighted by molar-refractivity contribution is -0.124. The molecule has 20 heavy (non-hydrogen) atoms. The SMILES string of the molecule is CC1=CO[C@@H]([C@@H](Sc2ccccc2)C(C)C)[C@@H](C)C1=O. The second-order valence-corrected chi connectivity index (χ2v) is 6.95. The van der Waals surface area contributed by atoms with Crippen molar-refractivity contribution < 1.29 is 9.53 Å². The summed E-state index contributed by atoms with van der Waals surface area (Å²) < 4.78 is 5.86. The van der Waals surface area contributed by atoms with E-state index in [0.717, 1.165) is 5.57 Å². The number of rotatable bonds is 4. The molecule has 1 aliphatic heterocycles. The molecular weight excluding hydrogens is 268 g/mol. The van der Waals surface area contributed by atoms with Crippen molar-refractivity contribution in [2.24, 2.45) is 11.8 Å². The molecule has 0 unspecified atom stereocenters. The molecule has 0 N–H and O–H groups in total. The number of benzene rings is 1. The summed E-state index contributed by atoms with van der Waals surface area (Å²) in [6, 6.07) is 10.3. The Labute approximate surface area is 125 Å². The van der Waals surface area contributed by atoms with E-state index in [-0.39, 0.29) is 23.1 Å². The second kappa shape index (κ2) is 6.49. The van der Waals surface area contributed by atoms with E-state index in [1.54, 1.807) is 18.0 Å². The van der Waals surface area contributed by atoms with Crippen LogP contribution in [0.5, 0.6) is 0 Å². The van der Waals surface area contributed by atoms with E-state index >= 15 is 0 Å². The van der Waals surface area contributed by atoms with E-state index in [4.69, 9.17) is 4.74 Å². The van der Waals surface area contributed by atoms with Crippen LogP contribution in [0.2, 0.25) is 0 Å². The van der Waals surface area contributed by atoms with Crippen LogP contribution in [0.25, 0.3) is 0 Å². The monoisotopic (exact) mass is 290 g/mol. The normalized spacial score (nSPS) is 24.2. The molecule has 0 amide bonds. The molecule has 3 heteroatoms. The van der Waals surface area contributed by atoms with Crippen LogP contribution in [-0.4, -0.2) is 17.1 Å². The Morgan fingerprint density at radius 3 is 2.45 bits per heavy atom. The van der Waals surface area contributed by atoms with Crippen LogP contribution in [0.1, 0.15) is 27.7 Å². The molecule has 0 fully saturated rings. The van der Waals surface area contributed by atoms with Crippen molar-refractivity contribution in [2.75, 3.05) is 0 Å². The molecule has 1 aromatic carbocycles. The number of hydrogen-bond acceptors (Lipinski definition) is 3. The first-order chi connectivity index (χ1) is 9.50. The Morgan fingerprint density at radius 2 is 1.85 bits per heavy atom. The highest BCUT2D eigenvalue weighted by molar-refractivity contribution is 8.00. The predicted octanol–water partition coefficient (Wildman–Crippen LogP) is 4.31. The number of thioether (sulfide) groups is 1. The predicted molar refractivity (Wildman–Crippen MR) is 83.7 cm³/mol. The Balaban J connectivity index is 2.19. The molecule has 0 aliphatic carbocycles. The van der Waals surface area contributed by atoms with Crippen LogP contribution >= 0.6 is 11.8 Å². The molecule has 1 aliphatic rings. The first-order valence-electron chi connectivity index (χ1n) is 7.09. The molecule has 3 atom stereocenters. The third kappa shape index (κ3) is 3.26. The van der Waals surface area contributed by atoms with Crippen molar-refractivity contribution in [3.05, 3.63) is 42.2 Å². The van der Waals surface area contributed by atoms with Gasteiger partial charge in [0.15, 0.2) is 5.78 Å². The maximum Gasteiger partial charge on any atom is 0.168 e. The third-order valence-corrected chi connectivity index (χ3v) is 5.32. The topological polar surface area (TPSA) is 26.3 Å². The molecule has 0 radical (unpaired) electrons. The largest absolute Gasteiger partial charge is 0.496 e. The summed E-state index contributed by atoms with van der Waals surface area (Å²) in [5, 5.41) is 0.265. The van der Waals surface area contributed by atoms with Gasteiger partial charge < -0.3 is 4.74 Å². The van der Waals surface area contributed by atoms with Gasteiger partial charge in [-0.1, -0.05) is 39.0 Å². The molecule has 0 spiro atoms. The van der Waals surface area contributed by atoms with E-state index in [9.17, 15) is 4.79 Å². The van der Waals surface area contributed by atoms with Gasteiger partial charge in [0.05, 0.1) is 12.2 Å². The number of carbonyl (C=O) groups is 1. The number of Topliss-reactive ketones (excluding diaryl/α,β-unsaturated/α-hetero) is 1. The van der Waals surface area contributed by atoms with Crippen LogP contribution in [0.4, 0.5) is 0 Å². The zero-order chi connectivity index (χ0) is 14.7. The maximum absolute atomic E-state index is 12.2. The van der Waals surface area contributed by atoms with Crippen LogP contribution in [0, 0.1) is 11.8 Å². The van der Waals surface area contributed by atoms with Crippen LogP contribution in [0.15, 0.2) is 47.1 Å². The number of hydrogen-bond donors (Lipinski definition) is 0. The fourth-order valence-corrected chi connectivity index (χ4v) is 3.80. The second-order valence-electron chi connectivity index (χ2n) is 5.69. The van der Waals surface area contributed by atoms with Gasteiger partial charge in [0.1, 0.15) is 6.10 Å². The lowest BCUT2D eigenvalue weighted by Gasteiger charge is -2.35. The molecule has 0 bridgehead atoms. The lowest BCUT2D eigenvalue weighted by atomic mass is 9.88. The number of ketones is 1. The van der Waals surface area contributed by atoms with Crippen LogP contribution < -0.4 is 0 Å². The van der Waals surface area contributed by atoms with Crippen molar-refractivity contribution in [1.29, 1.82) is 0 Å². The van der Waals surface area contributed by atoms with Crippen molar-refractivity contribution in [3.8, 4) is 0 Å². The zero-order valence-electron chi connectivity index (χ0n) is 12.5. The molecule has 2 rings (SSSR count). The van der Waals surface area contributed by atoms with E-state index in [2.05, 4.69) is 26.0 Å². The van der Waals surface area contributed by atoms with Gasteiger partial charge in [-0.2, -0.15) is 0 Å². The molecule has 1 heterocycles. The van der Waals surface area contributed by atoms with Crippen LogP contribution in [0.3, 0.4) is 0 Å². The highest BCUT2D eigenvalue weighted by Gasteiger charge is 2.37. The van der Waals surface area contributed by atoms with Gasteiger partial charge >= 0.3 is 0 Å². The summed E-state index contributed by atoms with van der Waals surface area (Å²) in [4.78, 5) is 13.4. The Kier molecular flexibility index (Phi) is 4.92. The maximum atomic E-state index is 12.2. The highest BCUT2D eigenvalue weighted by Crippen LogP contribution is 2.36. The average Bonchev–Trinajstić information content (AvgIpc) is 2.44. The van der Waals surface area contributed by atoms with E-state index in [1.807, 2.05) is 32.0 Å². The molecule has 108 valence electrons. The Bertz CT molecular complexity index is 493. The molecule has 0 saturated carbocycles. The Morgan fingerprint density at radius 1 is 1.20 bits per heavy atom. The summed E-state index contributed by atoms with van der Waals surface area (Å²) in [6.45, 7) is 8.17. The minimum atomic E-state index is -0.0800. The number of allylic oxidation sites excluding steroid dienone is 1. The standard InChI is InChI=1S/C17H22O2S/c1-11(2)17(20-14-8-6-5-7-9-14)16-13(4)15(18)12(3)10-19-16/h5-11,13,16-17H,1-4H3/t13-,16+,17-/m0/s1.